The van der Waals surface area contributed by atoms with Crippen LogP contribution in [0, 0.1) is 0 Å². The van der Waals surface area contributed by atoms with Crippen molar-refractivity contribution in [3.8, 4) is 0 Å². The second kappa shape index (κ2) is 12.1. The van der Waals surface area contributed by atoms with Crippen LogP contribution in [0.15, 0.2) is 0 Å². The first-order valence-electron chi connectivity index (χ1n) is 4.06. The van der Waals surface area contributed by atoms with Crippen molar-refractivity contribution in [3.05, 3.63) is 0 Å². The van der Waals surface area contributed by atoms with Crippen LogP contribution in [0.25, 0.3) is 0 Å². The SMILES string of the molecule is C.CNC(C)C(C)=O.CNNC(C)=O. The number of rotatable bonds is 3. The molecule has 0 rings (SSSR count). The Morgan fingerprint density at radius 3 is 1.57 bits per heavy atom. The minimum absolute atomic E-state index is 0. The Morgan fingerprint density at radius 2 is 1.57 bits per heavy atom. The fourth-order valence-electron chi connectivity index (χ4n) is 0.379. The van der Waals surface area contributed by atoms with Crippen LogP contribution >= 0.6 is 0 Å². The van der Waals surface area contributed by atoms with E-state index in [4.69, 9.17) is 0 Å². The second-order valence-corrected chi connectivity index (χ2v) is 2.55. The van der Waals surface area contributed by atoms with Gasteiger partial charge in [0.2, 0.25) is 5.91 Å². The Labute approximate surface area is 86.6 Å². The molecule has 0 spiro atoms. The lowest BCUT2D eigenvalue weighted by atomic mass is 10.2. The quantitative estimate of drug-likeness (QED) is 0.571. The van der Waals surface area contributed by atoms with Gasteiger partial charge in [0.05, 0.1) is 6.04 Å². The molecule has 3 N–H and O–H groups in total. The number of amides is 1. The summed E-state index contributed by atoms with van der Waals surface area (Å²) >= 11 is 0. The standard InChI is InChI=1S/C5H11NO.C3H8N2O.CH4/c1-4(6-3)5(2)7;1-3(6)5-4-2;/h4,6H,1-3H3;4H,1-2H3,(H,5,6);1H4. The highest BCUT2D eigenvalue weighted by Gasteiger charge is 2.00. The second-order valence-electron chi connectivity index (χ2n) is 2.55. The zero-order chi connectivity index (χ0) is 10.9. The van der Waals surface area contributed by atoms with Crippen LogP contribution in [0.1, 0.15) is 28.2 Å². The molecule has 0 saturated heterocycles. The van der Waals surface area contributed by atoms with Crippen LogP contribution in [-0.4, -0.2) is 31.8 Å². The van der Waals surface area contributed by atoms with Gasteiger partial charge in [0.15, 0.2) is 0 Å². The number of carbonyl (C=O) groups excluding carboxylic acids is 2. The summed E-state index contributed by atoms with van der Waals surface area (Å²) in [6, 6.07) is 0.0139. The van der Waals surface area contributed by atoms with Gasteiger partial charge in [0.25, 0.3) is 0 Å². The van der Waals surface area contributed by atoms with E-state index >= 15 is 0 Å². The van der Waals surface area contributed by atoms with Gasteiger partial charge in [-0.2, -0.15) is 0 Å². The first-order valence-corrected chi connectivity index (χ1v) is 4.06. The molecule has 0 aromatic rings. The summed E-state index contributed by atoms with van der Waals surface area (Å²) in [5.74, 6) is 0.111. The molecule has 5 nitrogen and oxygen atoms in total. The van der Waals surface area contributed by atoms with E-state index in [1.165, 1.54) is 6.92 Å². The molecule has 0 aliphatic carbocycles. The summed E-state index contributed by atoms with van der Waals surface area (Å²) < 4.78 is 0. The van der Waals surface area contributed by atoms with Crippen LogP contribution in [-0.2, 0) is 9.59 Å². The van der Waals surface area contributed by atoms with Gasteiger partial charge in [-0.1, -0.05) is 7.43 Å². The van der Waals surface area contributed by atoms with Gasteiger partial charge in [-0.25, -0.2) is 5.43 Å². The molecule has 0 aliphatic heterocycles. The first kappa shape index (κ1) is 18.8. The summed E-state index contributed by atoms with van der Waals surface area (Å²) in [5, 5.41) is 2.81. The van der Waals surface area contributed by atoms with Crippen molar-refractivity contribution in [2.24, 2.45) is 0 Å². The maximum absolute atomic E-state index is 10.3. The number of carbonyl (C=O) groups is 2. The maximum Gasteiger partial charge on any atom is 0.230 e. The van der Waals surface area contributed by atoms with E-state index < -0.39 is 0 Å². The van der Waals surface area contributed by atoms with Crippen LogP contribution in [0.5, 0.6) is 0 Å². The molecule has 14 heavy (non-hydrogen) atoms. The summed E-state index contributed by atoms with van der Waals surface area (Å²) in [7, 11) is 3.41. The third-order valence-corrected chi connectivity index (χ3v) is 1.34. The molecule has 0 aromatic carbocycles. The van der Waals surface area contributed by atoms with Crippen LogP contribution < -0.4 is 16.2 Å². The molecule has 1 atom stereocenters. The largest absolute Gasteiger partial charge is 0.311 e. The minimum Gasteiger partial charge on any atom is -0.311 e. The molecule has 0 heterocycles. The van der Waals surface area contributed by atoms with Crippen LogP contribution in [0.2, 0.25) is 0 Å². The molecule has 0 aliphatic rings. The van der Waals surface area contributed by atoms with Gasteiger partial charge in [-0.15, -0.1) is 0 Å². The number of nitrogens with one attached hydrogen (secondary N) is 3. The number of hydrogen-bond donors (Lipinski definition) is 3. The smallest absolute Gasteiger partial charge is 0.230 e. The third kappa shape index (κ3) is 17.2. The fourth-order valence-corrected chi connectivity index (χ4v) is 0.379. The highest BCUT2D eigenvalue weighted by Crippen LogP contribution is 1.77. The number of ketones is 1. The normalized spacial score (nSPS) is 10.1. The van der Waals surface area contributed by atoms with E-state index in [0.29, 0.717) is 0 Å². The van der Waals surface area contributed by atoms with Gasteiger partial charge >= 0.3 is 0 Å². The van der Waals surface area contributed by atoms with E-state index in [0.717, 1.165) is 0 Å². The van der Waals surface area contributed by atoms with E-state index in [1.54, 1.807) is 21.0 Å². The molecule has 0 bridgehead atoms. The van der Waals surface area contributed by atoms with Crippen molar-refractivity contribution in [3.63, 3.8) is 0 Å². The average Bonchev–Trinajstić information content (AvgIpc) is 2.03. The predicted molar refractivity (Wildman–Crippen MR) is 58.8 cm³/mol. The van der Waals surface area contributed by atoms with Crippen LogP contribution in [0.3, 0.4) is 0 Å². The number of hydrogen-bond acceptors (Lipinski definition) is 4. The highest BCUT2D eigenvalue weighted by atomic mass is 16.2. The fraction of sp³-hybridized carbons (Fsp3) is 0.778. The van der Waals surface area contributed by atoms with Gasteiger partial charge < -0.3 is 5.32 Å². The Morgan fingerprint density at radius 1 is 1.14 bits per heavy atom. The maximum atomic E-state index is 10.3. The molecule has 0 radical (unpaired) electrons. The lowest BCUT2D eigenvalue weighted by Gasteiger charge is -2.01. The lowest BCUT2D eigenvalue weighted by molar-refractivity contribution is -0.120. The molecule has 86 valence electrons. The topological polar surface area (TPSA) is 70.2 Å². The Balaban J connectivity index is -0.000000163. The van der Waals surface area contributed by atoms with Crippen molar-refractivity contribution in [1.29, 1.82) is 0 Å². The lowest BCUT2D eigenvalue weighted by Crippen LogP contribution is -2.31. The van der Waals surface area contributed by atoms with E-state index in [-0.39, 0.29) is 25.2 Å². The van der Waals surface area contributed by atoms with Crippen molar-refractivity contribution in [2.45, 2.75) is 34.2 Å². The molecule has 5 heteroatoms. The molecular weight excluding hydrogens is 182 g/mol. The van der Waals surface area contributed by atoms with Gasteiger partial charge in [0.1, 0.15) is 5.78 Å². The predicted octanol–water partition coefficient (Wildman–Crippen LogP) is 0.0763. The summed E-state index contributed by atoms with van der Waals surface area (Å²) in [5.41, 5.74) is 4.79. The van der Waals surface area contributed by atoms with Crippen molar-refractivity contribution in [1.82, 2.24) is 16.2 Å². The zero-order valence-electron chi connectivity index (χ0n) is 8.89. The molecule has 1 unspecified atom stereocenters. The number of likely N-dealkylation sites (N-methyl/N-ethyl adjacent to an activating group) is 1. The zero-order valence-corrected chi connectivity index (χ0v) is 8.89. The minimum atomic E-state index is -0.0718. The van der Waals surface area contributed by atoms with Crippen molar-refractivity contribution in [2.75, 3.05) is 14.1 Å². The highest BCUT2D eigenvalue weighted by molar-refractivity contribution is 5.80. The monoisotopic (exact) mass is 205 g/mol. The Hall–Kier alpha value is -0.940. The van der Waals surface area contributed by atoms with Crippen LogP contribution in [0.4, 0.5) is 0 Å². The number of hydrazine groups is 1. The van der Waals surface area contributed by atoms with Crippen molar-refractivity contribution >= 4 is 11.7 Å². The number of Topliss-reactive ketones (excluding diaryl/α,β-unsaturated/α-hetero) is 1. The first-order chi connectivity index (χ1) is 5.95. The van der Waals surface area contributed by atoms with E-state index in [9.17, 15) is 9.59 Å². The molecule has 0 saturated carbocycles. The summed E-state index contributed by atoms with van der Waals surface area (Å²) in [4.78, 5) is 20.2. The van der Waals surface area contributed by atoms with Gasteiger partial charge in [-0.05, 0) is 20.9 Å². The summed E-state index contributed by atoms with van der Waals surface area (Å²) in [6.45, 7) is 4.85. The van der Waals surface area contributed by atoms with E-state index in [2.05, 4.69) is 16.2 Å². The Bertz CT molecular complexity index is 160. The Kier molecular flexibility index (Phi) is 16.2. The van der Waals surface area contributed by atoms with Gasteiger partial charge in [0, 0.05) is 14.0 Å². The van der Waals surface area contributed by atoms with Crippen molar-refractivity contribution < 1.29 is 9.59 Å². The molecule has 1 amide bonds. The van der Waals surface area contributed by atoms with Gasteiger partial charge in [-0.3, -0.25) is 15.0 Å². The summed E-state index contributed by atoms with van der Waals surface area (Å²) in [6.07, 6.45) is 0. The molecular formula is C9H23N3O2. The molecule has 0 aromatic heterocycles. The average molecular weight is 205 g/mol. The molecule has 0 fully saturated rings. The third-order valence-electron chi connectivity index (χ3n) is 1.34. The van der Waals surface area contributed by atoms with E-state index in [1.807, 2.05) is 6.92 Å².